The number of halogens is 1. The second-order valence-electron chi connectivity index (χ2n) is 8.09. The van der Waals surface area contributed by atoms with Crippen LogP contribution in [0.2, 0.25) is 0 Å². The van der Waals surface area contributed by atoms with Crippen molar-refractivity contribution >= 4 is 27.5 Å². The maximum absolute atomic E-state index is 13.2. The molecule has 1 unspecified atom stereocenters. The van der Waals surface area contributed by atoms with Crippen molar-refractivity contribution in [1.82, 2.24) is 9.62 Å². The number of hydrogen-bond donors (Lipinski definition) is 2. The van der Waals surface area contributed by atoms with Gasteiger partial charge in [-0.1, -0.05) is 12.5 Å². The Morgan fingerprint density at radius 3 is 2.34 bits per heavy atom. The van der Waals surface area contributed by atoms with Gasteiger partial charge in [0.25, 0.3) is 0 Å². The van der Waals surface area contributed by atoms with Crippen LogP contribution >= 0.6 is 0 Å². The number of amides is 2. The van der Waals surface area contributed by atoms with Crippen molar-refractivity contribution in [2.45, 2.75) is 50.5 Å². The maximum Gasteiger partial charge on any atom is 0.313 e. The molecular weight excluding hydrogens is 433 g/mol. The van der Waals surface area contributed by atoms with Gasteiger partial charge in [-0.3, -0.25) is 9.59 Å². The van der Waals surface area contributed by atoms with Crippen LogP contribution in [0.25, 0.3) is 0 Å². The second kappa shape index (κ2) is 10.2. The first-order valence-electron chi connectivity index (χ1n) is 10.6. The van der Waals surface area contributed by atoms with Crippen LogP contribution in [0.5, 0.6) is 0 Å². The molecule has 2 aromatic carbocycles. The minimum Gasteiger partial charge on any atom is -0.348 e. The molecule has 0 bridgehead atoms. The van der Waals surface area contributed by atoms with E-state index >= 15 is 0 Å². The maximum atomic E-state index is 13.2. The van der Waals surface area contributed by atoms with Gasteiger partial charge in [-0.05, 0) is 80.6 Å². The Hall–Kier alpha value is -2.78. The molecule has 0 saturated carbocycles. The number of aryl methyl sites for hydroxylation is 2. The number of piperidine rings is 1. The molecule has 1 saturated heterocycles. The average Bonchev–Trinajstić information content (AvgIpc) is 2.73. The molecule has 0 spiro atoms. The van der Waals surface area contributed by atoms with E-state index in [1.54, 1.807) is 12.1 Å². The number of carbonyl (C=O) groups excluding carboxylic acids is 2. The zero-order valence-corrected chi connectivity index (χ0v) is 19.0. The Kier molecular flexibility index (Phi) is 7.63. The normalized spacial score (nSPS) is 17.0. The first kappa shape index (κ1) is 23.9. The molecule has 2 aromatic rings. The van der Waals surface area contributed by atoms with Gasteiger partial charge in [0.1, 0.15) is 5.82 Å². The van der Waals surface area contributed by atoms with Crippen LogP contribution in [0.15, 0.2) is 47.4 Å². The van der Waals surface area contributed by atoms with E-state index < -0.39 is 27.7 Å². The van der Waals surface area contributed by atoms with Gasteiger partial charge in [-0.15, -0.1) is 0 Å². The summed E-state index contributed by atoms with van der Waals surface area (Å²) in [6.45, 7) is 4.34. The number of carbonyl (C=O) groups is 2. The molecule has 2 N–H and O–H groups in total. The first-order chi connectivity index (χ1) is 15.2. The molecule has 7 nitrogen and oxygen atoms in total. The fourth-order valence-electron chi connectivity index (χ4n) is 3.99. The Morgan fingerprint density at radius 1 is 1.03 bits per heavy atom. The molecular formula is C23H28FN3O4S. The van der Waals surface area contributed by atoms with E-state index in [0.29, 0.717) is 25.1 Å². The molecule has 1 aliphatic rings. The predicted octanol–water partition coefficient (Wildman–Crippen LogP) is 3.13. The molecule has 2 amide bonds. The average molecular weight is 462 g/mol. The molecule has 3 rings (SSSR count). The van der Waals surface area contributed by atoms with Crippen LogP contribution in [0.3, 0.4) is 0 Å². The largest absolute Gasteiger partial charge is 0.348 e. The summed E-state index contributed by atoms with van der Waals surface area (Å²) in [5.41, 5.74) is 2.49. The smallest absolute Gasteiger partial charge is 0.313 e. The van der Waals surface area contributed by atoms with Crippen molar-refractivity contribution in [2.75, 3.05) is 18.4 Å². The van der Waals surface area contributed by atoms with Gasteiger partial charge >= 0.3 is 11.8 Å². The summed E-state index contributed by atoms with van der Waals surface area (Å²) in [6.07, 6.45) is 2.65. The molecule has 9 heteroatoms. The Labute approximate surface area is 188 Å². The molecule has 172 valence electrons. The first-order valence-corrected chi connectivity index (χ1v) is 12.1. The Bertz CT molecular complexity index is 1070. The minimum absolute atomic E-state index is 0.0441. The van der Waals surface area contributed by atoms with Crippen LogP contribution in [-0.2, 0) is 19.6 Å². The summed E-state index contributed by atoms with van der Waals surface area (Å²) in [5.74, 6) is -2.04. The highest BCUT2D eigenvalue weighted by atomic mass is 32.2. The molecule has 0 radical (unpaired) electrons. The van der Waals surface area contributed by atoms with Gasteiger partial charge in [0.2, 0.25) is 10.0 Å². The van der Waals surface area contributed by atoms with Crippen molar-refractivity contribution < 1.29 is 22.4 Å². The highest BCUT2D eigenvalue weighted by Gasteiger charge is 2.33. The summed E-state index contributed by atoms with van der Waals surface area (Å²) in [7, 11) is -3.77. The van der Waals surface area contributed by atoms with E-state index in [4.69, 9.17) is 0 Å². The third-order valence-corrected chi connectivity index (χ3v) is 7.41. The number of rotatable bonds is 6. The number of benzene rings is 2. The van der Waals surface area contributed by atoms with Gasteiger partial charge < -0.3 is 10.6 Å². The highest BCUT2D eigenvalue weighted by Crippen LogP contribution is 2.27. The van der Waals surface area contributed by atoms with E-state index in [0.717, 1.165) is 36.1 Å². The molecule has 0 aromatic heterocycles. The van der Waals surface area contributed by atoms with E-state index in [-0.39, 0.29) is 17.5 Å². The van der Waals surface area contributed by atoms with Gasteiger partial charge in [0.05, 0.1) is 4.90 Å². The van der Waals surface area contributed by atoms with Gasteiger partial charge in [0.15, 0.2) is 0 Å². The van der Waals surface area contributed by atoms with E-state index in [1.165, 1.54) is 16.4 Å². The summed E-state index contributed by atoms with van der Waals surface area (Å²) in [5, 5.41) is 5.16. The number of nitrogens with zero attached hydrogens (tertiary/aromatic N) is 1. The van der Waals surface area contributed by atoms with Crippen LogP contribution in [0.1, 0.15) is 36.8 Å². The molecule has 1 heterocycles. The lowest BCUT2D eigenvalue weighted by Crippen LogP contribution is -2.45. The third-order valence-electron chi connectivity index (χ3n) is 5.44. The summed E-state index contributed by atoms with van der Waals surface area (Å²) >= 11 is 0. The van der Waals surface area contributed by atoms with Gasteiger partial charge in [-0.2, -0.15) is 4.31 Å². The standard InChI is InChI=1S/C23H28FN3O4S/c1-16-13-17(2)15-19(14-16)26-23(29)22(28)25-11-10-20-5-3-4-12-27(20)32(30,31)21-8-6-18(24)7-9-21/h6-9,13-15,20H,3-5,10-12H2,1-2H3,(H,25,28)(H,26,29). The Balaban J connectivity index is 1.58. The summed E-state index contributed by atoms with van der Waals surface area (Å²) < 4.78 is 40.7. The lowest BCUT2D eigenvalue weighted by molar-refractivity contribution is -0.136. The zero-order chi connectivity index (χ0) is 23.3. The van der Waals surface area contributed by atoms with E-state index in [1.807, 2.05) is 19.9 Å². The van der Waals surface area contributed by atoms with Gasteiger partial charge in [0, 0.05) is 24.8 Å². The highest BCUT2D eigenvalue weighted by molar-refractivity contribution is 7.89. The van der Waals surface area contributed by atoms with Crippen molar-refractivity contribution in [3.8, 4) is 0 Å². The minimum atomic E-state index is -3.77. The summed E-state index contributed by atoms with van der Waals surface area (Å²) in [6, 6.07) is 9.98. The second-order valence-corrected chi connectivity index (χ2v) is 9.98. The van der Waals surface area contributed by atoms with E-state index in [2.05, 4.69) is 10.6 Å². The van der Waals surface area contributed by atoms with Crippen molar-refractivity contribution in [3.05, 3.63) is 59.4 Å². The third kappa shape index (κ3) is 5.92. The lowest BCUT2D eigenvalue weighted by atomic mass is 10.0. The fourth-order valence-corrected chi connectivity index (χ4v) is 5.71. The molecule has 1 aliphatic heterocycles. The van der Waals surface area contributed by atoms with Crippen molar-refractivity contribution in [2.24, 2.45) is 0 Å². The van der Waals surface area contributed by atoms with E-state index in [9.17, 15) is 22.4 Å². The Morgan fingerprint density at radius 2 is 1.69 bits per heavy atom. The lowest BCUT2D eigenvalue weighted by Gasteiger charge is -2.34. The number of anilines is 1. The molecule has 1 fully saturated rings. The number of sulfonamides is 1. The molecule has 32 heavy (non-hydrogen) atoms. The van der Waals surface area contributed by atoms with Crippen LogP contribution in [-0.4, -0.2) is 43.7 Å². The van der Waals surface area contributed by atoms with Crippen molar-refractivity contribution in [3.63, 3.8) is 0 Å². The van der Waals surface area contributed by atoms with Crippen LogP contribution in [0.4, 0.5) is 10.1 Å². The topological polar surface area (TPSA) is 95.6 Å². The number of hydrogen-bond acceptors (Lipinski definition) is 4. The molecule has 1 atom stereocenters. The van der Waals surface area contributed by atoms with Crippen LogP contribution < -0.4 is 10.6 Å². The quantitative estimate of drug-likeness (QED) is 0.646. The summed E-state index contributed by atoms with van der Waals surface area (Å²) in [4.78, 5) is 24.4. The number of nitrogens with one attached hydrogen (secondary N) is 2. The fraction of sp³-hybridized carbons (Fsp3) is 0.391. The molecule has 0 aliphatic carbocycles. The monoisotopic (exact) mass is 461 g/mol. The zero-order valence-electron chi connectivity index (χ0n) is 18.2. The predicted molar refractivity (Wildman–Crippen MR) is 120 cm³/mol. The van der Waals surface area contributed by atoms with Crippen LogP contribution in [0, 0.1) is 19.7 Å². The van der Waals surface area contributed by atoms with Gasteiger partial charge in [-0.25, -0.2) is 12.8 Å². The SMILES string of the molecule is Cc1cc(C)cc(NC(=O)C(=O)NCCC2CCCCN2S(=O)(=O)c2ccc(F)cc2)c1. The van der Waals surface area contributed by atoms with Crippen molar-refractivity contribution in [1.29, 1.82) is 0 Å².